The van der Waals surface area contributed by atoms with Gasteiger partial charge in [-0.3, -0.25) is 10.1 Å². The lowest BCUT2D eigenvalue weighted by Crippen LogP contribution is -2.09. The van der Waals surface area contributed by atoms with Gasteiger partial charge >= 0.3 is 5.97 Å². The molecule has 0 amide bonds. The summed E-state index contributed by atoms with van der Waals surface area (Å²) < 4.78 is 2.58. The summed E-state index contributed by atoms with van der Waals surface area (Å²) in [6.07, 6.45) is 0. The van der Waals surface area contributed by atoms with E-state index < -0.39 is 10.9 Å². The molecule has 2 heterocycles. The molecule has 2 aromatic heterocycles. The molecule has 6 nitrogen and oxygen atoms in total. The standard InChI is InChI=1S/C15H12N2O4S/c1-9-5-12-14(22-9)7-13(15(18)19)16(12)8-10-3-2-4-11(6-10)17(20)21/h2-7H,8H2,1H3,(H,18,19). The van der Waals surface area contributed by atoms with E-state index in [2.05, 4.69) is 0 Å². The van der Waals surface area contributed by atoms with Crippen molar-refractivity contribution in [1.29, 1.82) is 0 Å². The molecule has 0 fully saturated rings. The normalized spacial score (nSPS) is 11.0. The fraction of sp³-hybridized carbons (Fsp3) is 0.133. The van der Waals surface area contributed by atoms with Gasteiger partial charge in [0.15, 0.2) is 0 Å². The lowest BCUT2D eigenvalue weighted by molar-refractivity contribution is -0.384. The van der Waals surface area contributed by atoms with Crippen molar-refractivity contribution >= 4 is 33.2 Å². The number of nitro benzene ring substituents is 1. The second-order valence-corrected chi connectivity index (χ2v) is 6.24. The van der Waals surface area contributed by atoms with Gasteiger partial charge in [-0.1, -0.05) is 12.1 Å². The van der Waals surface area contributed by atoms with Gasteiger partial charge in [0.1, 0.15) is 5.69 Å². The van der Waals surface area contributed by atoms with Gasteiger partial charge in [-0.15, -0.1) is 11.3 Å². The van der Waals surface area contributed by atoms with E-state index in [1.165, 1.54) is 23.5 Å². The van der Waals surface area contributed by atoms with Gasteiger partial charge in [0.2, 0.25) is 0 Å². The maximum Gasteiger partial charge on any atom is 0.352 e. The van der Waals surface area contributed by atoms with Gasteiger partial charge in [0, 0.05) is 23.6 Å². The molecular formula is C15H12N2O4S. The van der Waals surface area contributed by atoms with Crippen molar-refractivity contribution in [3.8, 4) is 0 Å². The summed E-state index contributed by atoms with van der Waals surface area (Å²) in [6.45, 7) is 2.24. The Balaban J connectivity index is 2.09. The van der Waals surface area contributed by atoms with Gasteiger partial charge in [0.05, 0.1) is 15.1 Å². The van der Waals surface area contributed by atoms with Crippen molar-refractivity contribution < 1.29 is 14.8 Å². The number of nitro groups is 1. The maximum atomic E-state index is 11.4. The fourth-order valence-corrected chi connectivity index (χ4v) is 3.43. The fourth-order valence-electron chi connectivity index (χ4n) is 2.46. The Bertz CT molecular complexity index is 894. The monoisotopic (exact) mass is 316 g/mol. The van der Waals surface area contributed by atoms with E-state index in [4.69, 9.17) is 0 Å². The van der Waals surface area contributed by atoms with Crippen LogP contribution in [0.1, 0.15) is 20.9 Å². The summed E-state index contributed by atoms with van der Waals surface area (Å²) in [5.74, 6) is -1.01. The number of non-ortho nitro benzene ring substituents is 1. The largest absolute Gasteiger partial charge is 0.477 e. The van der Waals surface area contributed by atoms with Crippen molar-refractivity contribution in [3.05, 3.63) is 62.6 Å². The first-order valence-corrected chi connectivity index (χ1v) is 7.33. The maximum absolute atomic E-state index is 11.4. The van der Waals surface area contributed by atoms with Crippen LogP contribution in [-0.2, 0) is 6.54 Å². The van der Waals surface area contributed by atoms with E-state index in [1.807, 2.05) is 13.0 Å². The summed E-state index contributed by atoms with van der Waals surface area (Å²) >= 11 is 1.53. The number of hydrogen-bond acceptors (Lipinski definition) is 4. The van der Waals surface area contributed by atoms with Gasteiger partial charge < -0.3 is 9.67 Å². The van der Waals surface area contributed by atoms with Gasteiger partial charge in [-0.05, 0) is 24.6 Å². The molecule has 0 aliphatic rings. The van der Waals surface area contributed by atoms with E-state index >= 15 is 0 Å². The first-order valence-electron chi connectivity index (χ1n) is 6.52. The van der Waals surface area contributed by atoms with Gasteiger partial charge in [-0.25, -0.2) is 4.79 Å². The highest BCUT2D eigenvalue weighted by Gasteiger charge is 2.17. The molecular weight excluding hydrogens is 304 g/mol. The highest BCUT2D eigenvalue weighted by Crippen LogP contribution is 2.29. The van der Waals surface area contributed by atoms with Crippen LogP contribution in [0.5, 0.6) is 0 Å². The van der Waals surface area contributed by atoms with Crippen LogP contribution in [0.3, 0.4) is 0 Å². The summed E-state index contributed by atoms with van der Waals surface area (Å²) in [5, 5.41) is 20.2. The van der Waals surface area contributed by atoms with Crippen LogP contribution in [-0.4, -0.2) is 20.6 Å². The van der Waals surface area contributed by atoms with E-state index in [0.717, 1.165) is 15.1 Å². The quantitative estimate of drug-likeness (QED) is 0.588. The average Bonchev–Trinajstić information content (AvgIpc) is 2.97. The predicted molar refractivity (Wildman–Crippen MR) is 83.7 cm³/mol. The van der Waals surface area contributed by atoms with E-state index in [1.54, 1.807) is 22.8 Å². The van der Waals surface area contributed by atoms with Crippen LogP contribution < -0.4 is 0 Å². The molecule has 3 rings (SSSR count). The number of rotatable bonds is 4. The molecule has 0 unspecified atom stereocenters. The SMILES string of the molecule is Cc1cc2c(cc(C(=O)O)n2Cc2cccc([N+](=O)[O-])c2)s1. The number of carbonyl (C=O) groups is 1. The van der Waals surface area contributed by atoms with Crippen LogP contribution >= 0.6 is 11.3 Å². The lowest BCUT2D eigenvalue weighted by Gasteiger charge is -2.08. The number of aryl methyl sites for hydroxylation is 1. The molecule has 0 atom stereocenters. The minimum absolute atomic E-state index is 0.000672. The van der Waals surface area contributed by atoms with Crippen molar-refractivity contribution in [2.24, 2.45) is 0 Å². The number of hydrogen-bond donors (Lipinski definition) is 1. The van der Waals surface area contributed by atoms with Crippen LogP contribution in [0.15, 0.2) is 36.4 Å². The van der Waals surface area contributed by atoms with Crippen molar-refractivity contribution in [2.45, 2.75) is 13.5 Å². The zero-order valence-electron chi connectivity index (χ0n) is 11.6. The molecule has 0 saturated carbocycles. The molecule has 7 heteroatoms. The first-order chi connectivity index (χ1) is 10.5. The van der Waals surface area contributed by atoms with Gasteiger partial charge in [0.25, 0.3) is 5.69 Å². The molecule has 0 aliphatic heterocycles. The number of benzene rings is 1. The molecule has 1 aromatic carbocycles. The number of aromatic carboxylic acids is 1. The second kappa shape index (κ2) is 5.27. The Labute approximate surface area is 129 Å². The Hall–Kier alpha value is -2.67. The third-order valence-corrected chi connectivity index (χ3v) is 4.38. The molecule has 0 bridgehead atoms. The first kappa shape index (κ1) is 14.3. The van der Waals surface area contributed by atoms with E-state index in [9.17, 15) is 20.0 Å². The van der Waals surface area contributed by atoms with E-state index in [-0.39, 0.29) is 17.9 Å². The second-order valence-electron chi connectivity index (χ2n) is 4.95. The Morgan fingerprint density at radius 1 is 1.36 bits per heavy atom. The third-order valence-electron chi connectivity index (χ3n) is 3.39. The summed E-state index contributed by atoms with van der Waals surface area (Å²) in [7, 11) is 0. The van der Waals surface area contributed by atoms with Crippen LogP contribution in [0.4, 0.5) is 5.69 Å². The minimum Gasteiger partial charge on any atom is -0.477 e. The predicted octanol–water partition coefficient (Wildman–Crippen LogP) is 3.67. The van der Waals surface area contributed by atoms with E-state index in [0.29, 0.717) is 5.56 Å². The number of nitrogens with zero attached hydrogens (tertiary/aromatic N) is 2. The summed E-state index contributed by atoms with van der Waals surface area (Å²) in [4.78, 5) is 22.9. The minimum atomic E-state index is -1.01. The number of aromatic nitrogens is 1. The Morgan fingerprint density at radius 2 is 2.14 bits per heavy atom. The van der Waals surface area contributed by atoms with Crippen molar-refractivity contribution in [3.63, 3.8) is 0 Å². The molecule has 0 spiro atoms. The number of carboxylic acid groups (broad SMARTS) is 1. The average molecular weight is 316 g/mol. The molecule has 22 heavy (non-hydrogen) atoms. The van der Waals surface area contributed by atoms with Crippen LogP contribution in [0.2, 0.25) is 0 Å². The third kappa shape index (κ3) is 2.46. The van der Waals surface area contributed by atoms with Gasteiger partial charge in [-0.2, -0.15) is 0 Å². The molecule has 112 valence electrons. The zero-order valence-corrected chi connectivity index (χ0v) is 12.5. The molecule has 3 aromatic rings. The van der Waals surface area contributed by atoms with Crippen molar-refractivity contribution in [2.75, 3.05) is 0 Å². The number of carboxylic acids is 1. The topological polar surface area (TPSA) is 85.4 Å². The number of fused-ring (bicyclic) bond motifs is 1. The molecule has 0 radical (unpaired) electrons. The highest BCUT2D eigenvalue weighted by molar-refractivity contribution is 7.19. The van der Waals surface area contributed by atoms with Crippen LogP contribution in [0.25, 0.3) is 10.2 Å². The molecule has 0 saturated heterocycles. The molecule has 1 N–H and O–H groups in total. The summed E-state index contributed by atoms with van der Waals surface area (Å²) in [5.41, 5.74) is 1.72. The number of thiophene rings is 1. The smallest absolute Gasteiger partial charge is 0.352 e. The Kier molecular flexibility index (Phi) is 3.42. The lowest BCUT2D eigenvalue weighted by atomic mass is 10.2. The van der Waals surface area contributed by atoms with Crippen LogP contribution in [0, 0.1) is 17.0 Å². The highest BCUT2D eigenvalue weighted by atomic mass is 32.1. The zero-order chi connectivity index (χ0) is 15.9. The summed E-state index contributed by atoms with van der Waals surface area (Å²) in [6, 6.07) is 9.83. The van der Waals surface area contributed by atoms with Crippen molar-refractivity contribution in [1.82, 2.24) is 4.57 Å². The molecule has 0 aliphatic carbocycles. The Morgan fingerprint density at radius 3 is 2.82 bits per heavy atom.